The molecule has 3 rings (SSSR count). The van der Waals surface area contributed by atoms with Crippen LogP contribution in [0.25, 0.3) is 0 Å². The molecule has 4 N–H and O–H groups in total. The highest BCUT2D eigenvalue weighted by Gasteiger charge is 2.42. The van der Waals surface area contributed by atoms with Gasteiger partial charge in [0, 0.05) is 44.2 Å². The minimum atomic E-state index is -0.288. The molecule has 34 heavy (non-hydrogen) atoms. The Morgan fingerprint density at radius 1 is 1.15 bits per heavy atom. The first-order valence-corrected chi connectivity index (χ1v) is 14.1. The van der Waals surface area contributed by atoms with Crippen molar-refractivity contribution in [3.63, 3.8) is 0 Å². The number of rotatable bonds is 11. The van der Waals surface area contributed by atoms with Crippen LogP contribution in [0.15, 0.2) is 23.8 Å². The third-order valence-corrected chi connectivity index (χ3v) is 7.97. The lowest BCUT2D eigenvalue weighted by molar-refractivity contribution is -0.126. The van der Waals surface area contributed by atoms with Gasteiger partial charge in [-0.15, -0.1) is 0 Å². The van der Waals surface area contributed by atoms with Gasteiger partial charge in [0.15, 0.2) is 0 Å². The van der Waals surface area contributed by atoms with Crippen LogP contribution in [0.4, 0.5) is 0 Å². The van der Waals surface area contributed by atoms with Crippen molar-refractivity contribution >= 4 is 5.91 Å². The summed E-state index contributed by atoms with van der Waals surface area (Å²) in [5, 5.41) is 6.14. The van der Waals surface area contributed by atoms with E-state index < -0.39 is 0 Å². The molecule has 0 aromatic heterocycles. The largest absolute Gasteiger partial charge is 0.385 e. The highest BCUT2D eigenvalue weighted by molar-refractivity contribution is 5.78. The molecule has 5 heteroatoms. The minimum absolute atomic E-state index is 0.0373. The van der Waals surface area contributed by atoms with Crippen LogP contribution >= 0.6 is 0 Å². The van der Waals surface area contributed by atoms with Crippen molar-refractivity contribution in [3.8, 4) is 0 Å². The van der Waals surface area contributed by atoms with E-state index in [1.165, 1.54) is 37.7 Å². The van der Waals surface area contributed by atoms with E-state index in [-0.39, 0.29) is 17.4 Å². The Balaban J connectivity index is 0.000000497. The van der Waals surface area contributed by atoms with Gasteiger partial charge in [-0.25, -0.2) is 0 Å². The molecule has 0 aliphatic heterocycles. The molecule has 0 saturated heterocycles. The third kappa shape index (κ3) is 10.2. The predicted octanol–water partition coefficient (Wildman–Crippen LogP) is 5.51. The highest BCUT2D eigenvalue weighted by Crippen LogP contribution is 2.42. The van der Waals surface area contributed by atoms with E-state index >= 15 is 0 Å². The van der Waals surface area contributed by atoms with Crippen LogP contribution in [0.1, 0.15) is 96.8 Å². The van der Waals surface area contributed by atoms with Gasteiger partial charge in [0.2, 0.25) is 5.91 Å². The van der Waals surface area contributed by atoms with Crippen LogP contribution in [0.5, 0.6) is 0 Å². The number of carbonyl (C=O) groups is 1. The molecule has 3 unspecified atom stereocenters. The van der Waals surface area contributed by atoms with Crippen LogP contribution in [0, 0.1) is 17.8 Å². The quantitative estimate of drug-likeness (QED) is 0.345. The number of ether oxygens (including phenoxy) is 1. The lowest BCUT2D eigenvalue weighted by atomic mass is 9.65. The summed E-state index contributed by atoms with van der Waals surface area (Å²) in [5.74, 6) is 1.58. The Hall–Kier alpha value is -1.17. The predicted molar refractivity (Wildman–Crippen MR) is 144 cm³/mol. The molecule has 0 aromatic carbocycles. The van der Waals surface area contributed by atoms with E-state index in [0.717, 1.165) is 76.9 Å². The van der Waals surface area contributed by atoms with Crippen molar-refractivity contribution in [3.05, 3.63) is 23.8 Å². The Morgan fingerprint density at radius 2 is 1.94 bits per heavy atom. The molecule has 0 bridgehead atoms. The molecular formula is C29H53N3O2. The molecule has 3 aliphatic rings. The van der Waals surface area contributed by atoms with Crippen LogP contribution in [-0.4, -0.2) is 45.3 Å². The summed E-state index contributed by atoms with van der Waals surface area (Å²) >= 11 is 0. The first-order chi connectivity index (χ1) is 16.5. The number of hydrogen-bond donors (Lipinski definition) is 3. The summed E-state index contributed by atoms with van der Waals surface area (Å²) in [4.78, 5) is 12.6. The van der Waals surface area contributed by atoms with Crippen molar-refractivity contribution in [2.75, 3.05) is 33.9 Å². The van der Waals surface area contributed by atoms with Crippen LogP contribution in [0.2, 0.25) is 0 Å². The van der Waals surface area contributed by atoms with Gasteiger partial charge in [-0.05, 0) is 63.5 Å². The van der Waals surface area contributed by atoms with Gasteiger partial charge in [0.1, 0.15) is 0 Å². The van der Waals surface area contributed by atoms with Crippen molar-refractivity contribution in [1.29, 1.82) is 0 Å². The number of amides is 1. The van der Waals surface area contributed by atoms with E-state index in [9.17, 15) is 4.79 Å². The molecule has 3 aliphatic carbocycles. The SMILES string of the molecule is CC1CCCCC1.CNCCNC(=O)C1CCCC(N)(C(CCCCOC)C2=CCCC=C2)C1. The van der Waals surface area contributed by atoms with Crippen LogP contribution in [-0.2, 0) is 9.53 Å². The van der Waals surface area contributed by atoms with Crippen LogP contribution in [0.3, 0.4) is 0 Å². The van der Waals surface area contributed by atoms with Gasteiger partial charge in [-0.1, -0.05) is 70.1 Å². The minimum Gasteiger partial charge on any atom is -0.385 e. The van der Waals surface area contributed by atoms with Gasteiger partial charge < -0.3 is 21.1 Å². The van der Waals surface area contributed by atoms with Crippen molar-refractivity contribution in [2.45, 2.75) is 102 Å². The van der Waals surface area contributed by atoms with Crippen molar-refractivity contribution < 1.29 is 9.53 Å². The maximum Gasteiger partial charge on any atom is 0.223 e. The summed E-state index contributed by atoms with van der Waals surface area (Å²) < 4.78 is 5.22. The van der Waals surface area contributed by atoms with E-state index in [1.54, 1.807) is 7.11 Å². The van der Waals surface area contributed by atoms with E-state index in [2.05, 4.69) is 35.8 Å². The standard InChI is InChI=1S/C22H39N3O2.C7H14/c1-24-14-15-25-21(26)19-11-8-13-22(23,17-19)20(12-6-7-16-27-2)18-9-4-3-5-10-18;1-7-5-3-2-4-6-7/h4,9-10,19-20,24H,3,5-8,11-17,23H2,1-2H3,(H,25,26);7H,2-6H2,1H3. The number of carbonyl (C=O) groups excluding carboxylic acids is 1. The Labute approximate surface area is 209 Å². The first kappa shape index (κ1) is 29.1. The molecule has 0 spiro atoms. The summed E-state index contributed by atoms with van der Waals surface area (Å²) in [5.41, 5.74) is 8.13. The summed E-state index contributed by atoms with van der Waals surface area (Å²) in [6, 6.07) is 0. The molecule has 2 fully saturated rings. The van der Waals surface area contributed by atoms with E-state index in [1.807, 2.05) is 7.05 Å². The van der Waals surface area contributed by atoms with Gasteiger partial charge in [0.25, 0.3) is 0 Å². The van der Waals surface area contributed by atoms with Crippen molar-refractivity contribution in [2.24, 2.45) is 23.5 Å². The second kappa shape index (κ2) is 16.5. The lowest BCUT2D eigenvalue weighted by Crippen LogP contribution is -2.53. The second-order valence-corrected chi connectivity index (χ2v) is 10.9. The fourth-order valence-electron chi connectivity index (χ4n) is 5.92. The summed E-state index contributed by atoms with van der Waals surface area (Å²) in [6.45, 7) is 4.64. The average molecular weight is 476 g/mol. The number of nitrogens with one attached hydrogen (secondary N) is 2. The molecule has 5 nitrogen and oxygen atoms in total. The zero-order chi connectivity index (χ0) is 24.7. The van der Waals surface area contributed by atoms with Gasteiger partial charge >= 0.3 is 0 Å². The summed E-state index contributed by atoms with van der Waals surface area (Å²) in [7, 11) is 3.66. The average Bonchev–Trinajstić information content (AvgIpc) is 2.85. The normalized spacial score (nSPS) is 26.2. The Kier molecular flexibility index (Phi) is 14.1. The van der Waals surface area contributed by atoms with Gasteiger partial charge in [-0.2, -0.15) is 0 Å². The molecule has 3 atom stereocenters. The summed E-state index contributed by atoms with van der Waals surface area (Å²) in [6.07, 6.45) is 23.6. The zero-order valence-corrected chi connectivity index (χ0v) is 22.4. The smallest absolute Gasteiger partial charge is 0.223 e. The molecule has 1 amide bonds. The topological polar surface area (TPSA) is 76.4 Å². The van der Waals surface area contributed by atoms with Gasteiger partial charge in [-0.3, -0.25) is 4.79 Å². The number of nitrogens with two attached hydrogens (primary N) is 1. The third-order valence-electron chi connectivity index (χ3n) is 7.97. The molecule has 2 saturated carbocycles. The Morgan fingerprint density at radius 3 is 2.56 bits per heavy atom. The molecular weight excluding hydrogens is 422 g/mol. The number of allylic oxidation sites excluding steroid dienone is 3. The van der Waals surface area contributed by atoms with Gasteiger partial charge in [0.05, 0.1) is 0 Å². The molecule has 196 valence electrons. The highest BCUT2D eigenvalue weighted by atomic mass is 16.5. The molecule has 0 aromatic rings. The monoisotopic (exact) mass is 475 g/mol. The Bertz CT molecular complexity index is 627. The second-order valence-electron chi connectivity index (χ2n) is 10.9. The molecule has 0 heterocycles. The van der Waals surface area contributed by atoms with E-state index in [0.29, 0.717) is 12.5 Å². The maximum atomic E-state index is 12.6. The first-order valence-electron chi connectivity index (χ1n) is 14.1. The van der Waals surface area contributed by atoms with Crippen molar-refractivity contribution in [1.82, 2.24) is 10.6 Å². The fraction of sp³-hybridized carbons (Fsp3) is 0.828. The van der Waals surface area contributed by atoms with E-state index in [4.69, 9.17) is 10.5 Å². The molecule has 0 radical (unpaired) electrons. The van der Waals surface area contributed by atoms with Crippen LogP contribution < -0.4 is 16.4 Å². The maximum absolute atomic E-state index is 12.6. The lowest BCUT2D eigenvalue weighted by Gasteiger charge is -2.44. The number of methoxy groups -OCH3 is 1. The zero-order valence-electron chi connectivity index (χ0n) is 22.4. The number of unbranched alkanes of at least 4 members (excludes halogenated alkanes) is 1. The fourth-order valence-corrected chi connectivity index (χ4v) is 5.92. The number of hydrogen-bond acceptors (Lipinski definition) is 4. The number of likely N-dealkylation sites (N-methyl/N-ethyl adjacent to an activating group) is 1.